The summed E-state index contributed by atoms with van der Waals surface area (Å²) >= 11 is 0. The van der Waals surface area contributed by atoms with Crippen LogP contribution in [0.3, 0.4) is 0 Å². The van der Waals surface area contributed by atoms with Crippen LogP contribution in [0.25, 0.3) is 0 Å². The van der Waals surface area contributed by atoms with Crippen molar-refractivity contribution in [3.63, 3.8) is 0 Å². The van der Waals surface area contributed by atoms with E-state index in [2.05, 4.69) is 5.32 Å². The molecule has 1 aliphatic heterocycles. The van der Waals surface area contributed by atoms with Crippen molar-refractivity contribution >= 4 is 11.8 Å². The SMILES string of the molecule is CCC(COC)N1CCC(=O)NC(C(C)C)C1=O. The average molecular weight is 256 g/mol. The van der Waals surface area contributed by atoms with E-state index >= 15 is 0 Å². The van der Waals surface area contributed by atoms with Crippen molar-refractivity contribution in [2.45, 2.75) is 45.7 Å². The molecule has 0 aromatic heterocycles. The van der Waals surface area contributed by atoms with Gasteiger partial charge in [0.05, 0.1) is 12.6 Å². The van der Waals surface area contributed by atoms with Crippen LogP contribution in [0.15, 0.2) is 0 Å². The number of nitrogens with zero attached hydrogens (tertiary/aromatic N) is 1. The molecule has 1 saturated heterocycles. The van der Waals surface area contributed by atoms with E-state index in [0.717, 1.165) is 6.42 Å². The summed E-state index contributed by atoms with van der Waals surface area (Å²) < 4.78 is 5.16. The number of hydrogen-bond donors (Lipinski definition) is 1. The van der Waals surface area contributed by atoms with E-state index < -0.39 is 6.04 Å². The third-order valence-corrected chi connectivity index (χ3v) is 3.38. The van der Waals surface area contributed by atoms with Crippen LogP contribution in [0.2, 0.25) is 0 Å². The fourth-order valence-electron chi connectivity index (χ4n) is 2.25. The summed E-state index contributed by atoms with van der Waals surface area (Å²) in [6, 6.07) is -0.359. The van der Waals surface area contributed by atoms with Crippen molar-refractivity contribution in [2.24, 2.45) is 5.92 Å². The smallest absolute Gasteiger partial charge is 0.245 e. The first-order valence-corrected chi connectivity index (χ1v) is 6.60. The molecule has 0 radical (unpaired) electrons. The highest BCUT2D eigenvalue weighted by molar-refractivity contribution is 5.90. The summed E-state index contributed by atoms with van der Waals surface area (Å²) in [4.78, 5) is 25.9. The third kappa shape index (κ3) is 3.45. The molecule has 104 valence electrons. The predicted octanol–water partition coefficient (Wildman–Crippen LogP) is 0.784. The zero-order valence-electron chi connectivity index (χ0n) is 11.7. The molecular formula is C13H24N2O3. The van der Waals surface area contributed by atoms with Crippen LogP contribution >= 0.6 is 0 Å². The lowest BCUT2D eigenvalue weighted by atomic mass is 10.0. The Labute approximate surface area is 109 Å². The topological polar surface area (TPSA) is 58.6 Å². The summed E-state index contributed by atoms with van der Waals surface area (Å²) in [5.41, 5.74) is 0. The first-order chi connectivity index (χ1) is 8.51. The summed E-state index contributed by atoms with van der Waals surface area (Å²) in [5, 5.41) is 2.81. The van der Waals surface area contributed by atoms with Gasteiger partial charge in [-0.15, -0.1) is 0 Å². The van der Waals surface area contributed by atoms with Crippen LogP contribution < -0.4 is 5.32 Å². The number of carbonyl (C=O) groups is 2. The molecule has 0 spiro atoms. The molecule has 1 fully saturated rings. The minimum atomic E-state index is -0.411. The second-order valence-corrected chi connectivity index (χ2v) is 5.09. The van der Waals surface area contributed by atoms with Gasteiger partial charge in [0, 0.05) is 20.1 Å². The lowest BCUT2D eigenvalue weighted by Crippen LogP contribution is -2.51. The number of amides is 2. The normalized spacial score (nSPS) is 22.9. The molecule has 2 amide bonds. The highest BCUT2D eigenvalue weighted by Gasteiger charge is 2.34. The van der Waals surface area contributed by atoms with Gasteiger partial charge in [0.1, 0.15) is 6.04 Å². The lowest BCUT2D eigenvalue weighted by Gasteiger charge is -2.32. The van der Waals surface area contributed by atoms with Gasteiger partial charge >= 0.3 is 0 Å². The number of ether oxygens (including phenoxy) is 1. The zero-order chi connectivity index (χ0) is 13.7. The van der Waals surface area contributed by atoms with Crippen LogP contribution in [0.5, 0.6) is 0 Å². The molecule has 1 rings (SSSR count). The summed E-state index contributed by atoms with van der Waals surface area (Å²) in [6.07, 6.45) is 1.20. The molecule has 0 saturated carbocycles. The van der Waals surface area contributed by atoms with Gasteiger partial charge in [-0.05, 0) is 12.3 Å². The average Bonchev–Trinajstić information content (AvgIpc) is 2.47. The maximum atomic E-state index is 12.5. The molecule has 18 heavy (non-hydrogen) atoms. The van der Waals surface area contributed by atoms with Gasteiger partial charge in [-0.1, -0.05) is 20.8 Å². The minimum absolute atomic E-state index is 0.0137. The van der Waals surface area contributed by atoms with Crippen molar-refractivity contribution in [1.82, 2.24) is 10.2 Å². The van der Waals surface area contributed by atoms with Crippen molar-refractivity contribution in [1.29, 1.82) is 0 Å². The maximum Gasteiger partial charge on any atom is 0.245 e. The second kappa shape index (κ2) is 6.73. The number of nitrogens with one attached hydrogen (secondary N) is 1. The van der Waals surface area contributed by atoms with Crippen molar-refractivity contribution in [3.05, 3.63) is 0 Å². The number of methoxy groups -OCH3 is 1. The van der Waals surface area contributed by atoms with Crippen molar-refractivity contribution in [3.8, 4) is 0 Å². The monoisotopic (exact) mass is 256 g/mol. The predicted molar refractivity (Wildman–Crippen MR) is 69.1 cm³/mol. The van der Waals surface area contributed by atoms with Gasteiger partial charge in [-0.25, -0.2) is 0 Å². The fourth-order valence-corrected chi connectivity index (χ4v) is 2.25. The molecule has 0 aromatic rings. The van der Waals surface area contributed by atoms with Crippen LogP contribution in [-0.4, -0.2) is 49.1 Å². The Morgan fingerprint density at radius 2 is 2.11 bits per heavy atom. The Bertz CT molecular complexity index is 305. The van der Waals surface area contributed by atoms with E-state index in [-0.39, 0.29) is 23.8 Å². The van der Waals surface area contributed by atoms with E-state index in [0.29, 0.717) is 19.6 Å². The Balaban J connectivity index is 2.88. The van der Waals surface area contributed by atoms with Gasteiger partial charge in [0.15, 0.2) is 0 Å². The highest BCUT2D eigenvalue weighted by atomic mass is 16.5. The molecule has 5 nitrogen and oxygen atoms in total. The minimum Gasteiger partial charge on any atom is -0.383 e. The fraction of sp³-hybridized carbons (Fsp3) is 0.846. The van der Waals surface area contributed by atoms with Crippen molar-refractivity contribution < 1.29 is 14.3 Å². The first-order valence-electron chi connectivity index (χ1n) is 6.60. The molecule has 5 heteroatoms. The molecule has 0 aliphatic carbocycles. The number of rotatable bonds is 5. The summed E-state index contributed by atoms with van der Waals surface area (Å²) in [5.74, 6) is 0.0682. The largest absolute Gasteiger partial charge is 0.383 e. The number of carbonyl (C=O) groups excluding carboxylic acids is 2. The molecule has 2 unspecified atom stereocenters. The molecule has 2 atom stereocenters. The van der Waals surface area contributed by atoms with E-state index in [1.165, 1.54) is 0 Å². The van der Waals surface area contributed by atoms with Crippen LogP contribution in [0.4, 0.5) is 0 Å². The Morgan fingerprint density at radius 1 is 1.44 bits per heavy atom. The molecule has 0 bridgehead atoms. The third-order valence-electron chi connectivity index (χ3n) is 3.38. The van der Waals surface area contributed by atoms with Gasteiger partial charge in [0.2, 0.25) is 11.8 Å². The molecule has 1 aliphatic rings. The van der Waals surface area contributed by atoms with Crippen LogP contribution in [-0.2, 0) is 14.3 Å². The van der Waals surface area contributed by atoms with E-state index in [1.54, 1.807) is 12.0 Å². The van der Waals surface area contributed by atoms with Gasteiger partial charge < -0.3 is 15.0 Å². The van der Waals surface area contributed by atoms with Gasteiger partial charge in [-0.3, -0.25) is 9.59 Å². The van der Waals surface area contributed by atoms with Crippen LogP contribution in [0, 0.1) is 5.92 Å². The molecule has 1 heterocycles. The van der Waals surface area contributed by atoms with E-state index in [1.807, 2.05) is 20.8 Å². The Hall–Kier alpha value is -1.10. The summed E-state index contributed by atoms with van der Waals surface area (Å²) in [7, 11) is 1.63. The van der Waals surface area contributed by atoms with E-state index in [9.17, 15) is 9.59 Å². The standard InChI is InChI=1S/C13H24N2O3/c1-5-10(8-18-4)15-7-6-11(16)14-12(9(2)3)13(15)17/h9-10,12H,5-8H2,1-4H3,(H,14,16). The maximum absolute atomic E-state index is 12.5. The Morgan fingerprint density at radius 3 is 2.61 bits per heavy atom. The quantitative estimate of drug-likeness (QED) is 0.791. The second-order valence-electron chi connectivity index (χ2n) is 5.09. The Kier molecular flexibility index (Phi) is 5.59. The van der Waals surface area contributed by atoms with Crippen molar-refractivity contribution in [2.75, 3.05) is 20.3 Å². The van der Waals surface area contributed by atoms with Gasteiger partial charge in [-0.2, -0.15) is 0 Å². The highest BCUT2D eigenvalue weighted by Crippen LogP contribution is 2.15. The zero-order valence-corrected chi connectivity index (χ0v) is 11.7. The lowest BCUT2D eigenvalue weighted by molar-refractivity contribution is -0.137. The molecule has 1 N–H and O–H groups in total. The van der Waals surface area contributed by atoms with E-state index in [4.69, 9.17) is 4.74 Å². The molecular weight excluding hydrogens is 232 g/mol. The summed E-state index contributed by atoms with van der Waals surface area (Å²) in [6.45, 7) is 6.92. The van der Waals surface area contributed by atoms with Crippen LogP contribution in [0.1, 0.15) is 33.6 Å². The molecule has 0 aromatic carbocycles. The first kappa shape index (κ1) is 15.0. The van der Waals surface area contributed by atoms with Gasteiger partial charge in [0.25, 0.3) is 0 Å². The number of hydrogen-bond acceptors (Lipinski definition) is 3.